The molecule has 5 heteroatoms. The maximum atomic E-state index is 13.6. The maximum Gasteiger partial charge on any atom is 0.257 e. The number of halogens is 1. The van der Waals surface area contributed by atoms with E-state index in [1.165, 1.54) is 12.3 Å². The van der Waals surface area contributed by atoms with Crippen molar-refractivity contribution in [3.05, 3.63) is 53.5 Å². The van der Waals surface area contributed by atoms with Crippen molar-refractivity contribution in [3.63, 3.8) is 0 Å². The SMILES string of the molecule is CNc1ccc(C(=O)Nc2c(C)cccc2F)cn1. The summed E-state index contributed by atoms with van der Waals surface area (Å²) in [7, 11) is 1.74. The second-order valence-electron chi connectivity index (χ2n) is 4.07. The van der Waals surface area contributed by atoms with Gasteiger partial charge in [0.2, 0.25) is 0 Å². The molecule has 0 saturated carbocycles. The molecule has 2 aromatic rings. The Morgan fingerprint density at radius 3 is 2.63 bits per heavy atom. The Morgan fingerprint density at radius 1 is 1.26 bits per heavy atom. The highest BCUT2D eigenvalue weighted by Crippen LogP contribution is 2.19. The first kappa shape index (κ1) is 13.0. The van der Waals surface area contributed by atoms with E-state index >= 15 is 0 Å². The minimum absolute atomic E-state index is 0.199. The molecule has 2 N–H and O–H groups in total. The van der Waals surface area contributed by atoms with Crippen LogP contribution >= 0.6 is 0 Å². The standard InChI is InChI=1S/C14H14FN3O/c1-9-4-3-5-11(15)13(9)18-14(19)10-6-7-12(16-2)17-8-10/h3-8H,1-2H3,(H,16,17)(H,18,19). The first-order chi connectivity index (χ1) is 9.11. The number of anilines is 2. The van der Waals surface area contributed by atoms with Gasteiger partial charge < -0.3 is 10.6 Å². The van der Waals surface area contributed by atoms with Gasteiger partial charge in [-0.1, -0.05) is 12.1 Å². The number of pyridine rings is 1. The molecule has 0 radical (unpaired) electrons. The number of carbonyl (C=O) groups is 1. The fraction of sp³-hybridized carbons (Fsp3) is 0.143. The Hall–Kier alpha value is -2.43. The summed E-state index contributed by atoms with van der Waals surface area (Å²) >= 11 is 0. The molecule has 0 atom stereocenters. The Balaban J connectivity index is 2.20. The largest absolute Gasteiger partial charge is 0.373 e. The predicted molar refractivity (Wildman–Crippen MR) is 72.9 cm³/mol. The second-order valence-corrected chi connectivity index (χ2v) is 4.07. The van der Waals surface area contributed by atoms with Crippen molar-refractivity contribution in [2.24, 2.45) is 0 Å². The molecule has 98 valence electrons. The van der Waals surface area contributed by atoms with Crippen LogP contribution in [0.5, 0.6) is 0 Å². The van der Waals surface area contributed by atoms with Crippen LogP contribution in [0.3, 0.4) is 0 Å². The summed E-state index contributed by atoms with van der Waals surface area (Å²) in [5.74, 6) is -0.171. The Labute approximate surface area is 110 Å². The molecule has 4 nitrogen and oxygen atoms in total. The average Bonchev–Trinajstić information content (AvgIpc) is 2.43. The molecule has 1 aromatic heterocycles. The average molecular weight is 259 g/mol. The maximum absolute atomic E-state index is 13.6. The monoisotopic (exact) mass is 259 g/mol. The van der Waals surface area contributed by atoms with Gasteiger partial charge in [-0.3, -0.25) is 4.79 Å². The lowest BCUT2D eigenvalue weighted by atomic mass is 10.2. The van der Waals surface area contributed by atoms with Crippen LogP contribution in [0, 0.1) is 12.7 Å². The molecule has 0 aliphatic carbocycles. The first-order valence-corrected chi connectivity index (χ1v) is 5.82. The molecule has 1 aromatic carbocycles. The quantitative estimate of drug-likeness (QED) is 0.891. The van der Waals surface area contributed by atoms with Crippen molar-refractivity contribution in [3.8, 4) is 0 Å². The molecule has 0 bridgehead atoms. The van der Waals surface area contributed by atoms with Gasteiger partial charge in [-0.05, 0) is 30.7 Å². The lowest BCUT2D eigenvalue weighted by Gasteiger charge is -2.09. The third-order valence-corrected chi connectivity index (χ3v) is 2.74. The van der Waals surface area contributed by atoms with E-state index in [-0.39, 0.29) is 11.6 Å². The molecular weight excluding hydrogens is 245 g/mol. The topological polar surface area (TPSA) is 54.0 Å². The van der Waals surface area contributed by atoms with Crippen LogP contribution in [0.2, 0.25) is 0 Å². The minimum Gasteiger partial charge on any atom is -0.373 e. The van der Waals surface area contributed by atoms with Crippen LogP contribution in [0.25, 0.3) is 0 Å². The number of nitrogens with zero attached hydrogens (tertiary/aromatic N) is 1. The fourth-order valence-electron chi connectivity index (χ4n) is 1.65. The summed E-state index contributed by atoms with van der Waals surface area (Å²) in [5, 5.41) is 5.42. The number of hydrogen-bond donors (Lipinski definition) is 2. The van der Waals surface area contributed by atoms with Gasteiger partial charge >= 0.3 is 0 Å². The van der Waals surface area contributed by atoms with Gasteiger partial charge in [-0.25, -0.2) is 9.37 Å². The number of aromatic nitrogens is 1. The minimum atomic E-state index is -0.451. The molecule has 0 saturated heterocycles. The van der Waals surface area contributed by atoms with Gasteiger partial charge in [-0.2, -0.15) is 0 Å². The van der Waals surface area contributed by atoms with E-state index in [0.29, 0.717) is 16.9 Å². The van der Waals surface area contributed by atoms with Crippen molar-refractivity contribution < 1.29 is 9.18 Å². The van der Waals surface area contributed by atoms with Crippen LogP contribution in [0.15, 0.2) is 36.5 Å². The van der Waals surface area contributed by atoms with E-state index in [1.54, 1.807) is 38.2 Å². The molecule has 0 aliphatic heterocycles. The van der Waals surface area contributed by atoms with E-state index in [2.05, 4.69) is 15.6 Å². The smallest absolute Gasteiger partial charge is 0.257 e. The van der Waals surface area contributed by atoms with Crippen LogP contribution in [0.4, 0.5) is 15.9 Å². The molecule has 0 aliphatic rings. The molecule has 0 spiro atoms. The van der Waals surface area contributed by atoms with Crippen LogP contribution in [0.1, 0.15) is 15.9 Å². The highest BCUT2D eigenvalue weighted by molar-refractivity contribution is 6.04. The molecule has 1 heterocycles. The van der Waals surface area contributed by atoms with Gasteiger partial charge in [0.15, 0.2) is 0 Å². The van der Waals surface area contributed by atoms with Gasteiger partial charge in [0.05, 0.1) is 11.3 Å². The number of para-hydroxylation sites is 1. The number of hydrogen-bond acceptors (Lipinski definition) is 3. The van der Waals surface area contributed by atoms with Crippen molar-refractivity contribution in [2.45, 2.75) is 6.92 Å². The van der Waals surface area contributed by atoms with Crippen molar-refractivity contribution in [1.29, 1.82) is 0 Å². The van der Waals surface area contributed by atoms with Gasteiger partial charge in [0.25, 0.3) is 5.91 Å². The van der Waals surface area contributed by atoms with E-state index < -0.39 is 5.82 Å². The molecule has 0 unspecified atom stereocenters. The molecule has 1 amide bonds. The Morgan fingerprint density at radius 2 is 2.05 bits per heavy atom. The number of amides is 1. The third kappa shape index (κ3) is 2.88. The van der Waals surface area contributed by atoms with Crippen molar-refractivity contribution in [2.75, 3.05) is 17.7 Å². The number of carbonyl (C=O) groups excluding carboxylic acids is 1. The number of rotatable bonds is 3. The van der Waals surface area contributed by atoms with Crippen LogP contribution in [-0.4, -0.2) is 17.9 Å². The van der Waals surface area contributed by atoms with Crippen LogP contribution < -0.4 is 10.6 Å². The Bertz CT molecular complexity index is 576. The van der Waals surface area contributed by atoms with E-state index in [1.807, 2.05) is 0 Å². The molecule has 2 rings (SSSR count). The summed E-state index contributed by atoms with van der Waals surface area (Å²) in [6.07, 6.45) is 1.44. The third-order valence-electron chi connectivity index (χ3n) is 2.74. The van der Waals surface area contributed by atoms with Crippen LogP contribution in [-0.2, 0) is 0 Å². The summed E-state index contributed by atoms with van der Waals surface area (Å²) < 4.78 is 13.6. The fourth-order valence-corrected chi connectivity index (χ4v) is 1.65. The lowest BCUT2D eigenvalue weighted by Crippen LogP contribution is -2.14. The number of aryl methyl sites for hydroxylation is 1. The summed E-state index contributed by atoms with van der Waals surface area (Å²) in [6, 6.07) is 7.96. The van der Waals surface area contributed by atoms with Gasteiger partial charge in [0, 0.05) is 13.2 Å². The Kier molecular flexibility index (Phi) is 3.75. The molecule has 0 fully saturated rings. The van der Waals surface area contributed by atoms with E-state index in [4.69, 9.17) is 0 Å². The summed E-state index contributed by atoms with van der Waals surface area (Å²) in [4.78, 5) is 16.0. The zero-order chi connectivity index (χ0) is 13.8. The van der Waals surface area contributed by atoms with Crippen molar-refractivity contribution >= 4 is 17.4 Å². The second kappa shape index (κ2) is 5.48. The van der Waals surface area contributed by atoms with E-state index in [9.17, 15) is 9.18 Å². The normalized spacial score (nSPS) is 10.1. The molecule has 19 heavy (non-hydrogen) atoms. The highest BCUT2D eigenvalue weighted by Gasteiger charge is 2.11. The molecular formula is C14H14FN3O. The van der Waals surface area contributed by atoms with Gasteiger partial charge in [0.1, 0.15) is 11.6 Å². The zero-order valence-electron chi connectivity index (χ0n) is 10.7. The number of nitrogens with one attached hydrogen (secondary N) is 2. The number of benzene rings is 1. The lowest BCUT2D eigenvalue weighted by molar-refractivity contribution is 0.102. The zero-order valence-corrected chi connectivity index (χ0v) is 10.7. The first-order valence-electron chi connectivity index (χ1n) is 5.82. The van der Waals surface area contributed by atoms with Gasteiger partial charge in [-0.15, -0.1) is 0 Å². The summed E-state index contributed by atoms with van der Waals surface area (Å²) in [6.45, 7) is 1.74. The summed E-state index contributed by atoms with van der Waals surface area (Å²) in [5.41, 5.74) is 1.25. The van der Waals surface area contributed by atoms with E-state index in [0.717, 1.165) is 0 Å². The predicted octanol–water partition coefficient (Wildman–Crippen LogP) is 2.82. The van der Waals surface area contributed by atoms with Crippen molar-refractivity contribution in [1.82, 2.24) is 4.98 Å². The highest BCUT2D eigenvalue weighted by atomic mass is 19.1.